The topological polar surface area (TPSA) is 166 Å². The van der Waals surface area contributed by atoms with Crippen LogP contribution in [0.3, 0.4) is 0 Å². The van der Waals surface area contributed by atoms with Gasteiger partial charge in [-0.25, -0.2) is 18.4 Å². The van der Waals surface area contributed by atoms with Crippen LogP contribution in [0.5, 0.6) is 0 Å². The highest BCUT2D eigenvalue weighted by molar-refractivity contribution is 8.76. The summed E-state index contributed by atoms with van der Waals surface area (Å²) < 4.78 is 44.4. The van der Waals surface area contributed by atoms with Crippen molar-refractivity contribution in [3.05, 3.63) is 34.9 Å². The Morgan fingerprint density at radius 3 is 2.63 bits per heavy atom. The van der Waals surface area contributed by atoms with Crippen LogP contribution in [0.25, 0.3) is 0 Å². The maximum atomic E-state index is 14.4. The fourth-order valence-electron chi connectivity index (χ4n) is 3.21. The van der Waals surface area contributed by atoms with Crippen LogP contribution in [0, 0.1) is 0 Å². The third-order valence-corrected chi connectivity index (χ3v) is 7.34. The van der Waals surface area contributed by atoms with Crippen molar-refractivity contribution in [2.45, 2.75) is 37.0 Å². The Labute approximate surface area is 205 Å². The van der Waals surface area contributed by atoms with Gasteiger partial charge in [-0.1, -0.05) is 21.6 Å². The van der Waals surface area contributed by atoms with Crippen LogP contribution in [0.4, 0.5) is 19.4 Å². The number of rotatable bonds is 10. The van der Waals surface area contributed by atoms with Crippen LogP contribution in [-0.4, -0.2) is 98.8 Å². The first kappa shape index (κ1) is 27.2. The van der Waals surface area contributed by atoms with Crippen molar-refractivity contribution in [3.63, 3.8) is 0 Å². The van der Waals surface area contributed by atoms with Crippen molar-refractivity contribution in [1.29, 1.82) is 0 Å². The molecular weight excluding hydrogens is 514 g/mol. The van der Waals surface area contributed by atoms with Crippen LogP contribution in [0.1, 0.15) is 6.23 Å². The Hall–Kier alpha value is -2.40. The lowest BCUT2D eigenvalue weighted by Crippen LogP contribution is -2.55. The minimum atomic E-state index is -2.41. The molecule has 0 aliphatic carbocycles. The van der Waals surface area contributed by atoms with E-state index >= 15 is 0 Å². The summed E-state index contributed by atoms with van der Waals surface area (Å²) in [5.74, 6) is 0.559. The Bertz CT molecular complexity index is 986. The number of aromatic nitrogens is 2. The lowest BCUT2D eigenvalue weighted by Gasteiger charge is -2.38. The van der Waals surface area contributed by atoms with Crippen LogP contribution in [-0.2, 0) is 19.0 Å². The molecule has 4 N–H and O–H groups in total. The van der Waals surface area contributed by atoms with Crippen molar-refractivity contribution in [3.8, 4) is 0 Å². The minimum Gasteiger partial charge on any atom is -0.433 e. The molecule has 3 unspecified atom stereocenters. The second-order valence-electron chi connectivity index (χ2n) is 7.34. The molecule has 0 saturated carbocycles. The number of halogens is 2. The summed E-state index contributed by atoms with van der Waals surface area (Å²) >= 11 is 0. The van der Waals surface area contributed by atoms with Gasteiger partial charge in [0.1, 0.15) is 37.5 Å². The van der Waals surface area contributed by atoms with Gasteiger partial charge in [0.05, 0.1) is 0 Å². The first-order chi connectivity index (χ1) is 16.7. The Morgan fingerprint density at radius 2 is 1.94 bits per heavy atom. The minimum absolute atomic E-state index is 0.0230. The second-order valence-corrected chi connectivity index (χ2v) is 10.0. The molecule has 6 atom stereocenters. The molecule has 2 aliphatic rings. The molecule has 3 heterocycles. The fourth-order valence-corrected chi connectivity index (χ4v) is 5.00. The molecule has 1 amide bonds. The first-order valence-corrected chi connectivity index (χ1v) is 12.8. The molecule has 1 aromatic heterocycles. The van der Waals surface area contributed by atoms with E-state index in [1.165, 1.54) is 44.7 Å². The SMILES string of the molecule is Nc1ccn([C@@H]2O[C@H](COC(=O)OCCSSCCN3C(=O)C=CC3O)C(O)[C@H](F)C2F)c(=O)n1. The Balaban J connectivity index is 1.36. The van der Waals surface area contributed by atoms with Gasteiger partial charge in [0.25, 0.3) is 0 Å². The monoisotopic (exact) mass is 538 g/mol. The van der Waals surface area contributed by atoms with Crippen molar-refractivity contribution in [2.75, 3.05) is 37.0 Å². The number of ether oxygens (including phenoxy) is 3. The summed E-state index contributed by atoms with van der Waals surface area (Å²) in [6.45, 7) is -0.320. The molecular formula is C19H24F2N4O8S2. The lowest BCUT2D eigenvalue weighted by atomic mass is 10.0. The van der Waals surface area contributed by atoms with Crippen LogP contribution in [0.15, 0.2) is 29.2 Å². The number of nitrogen functional groups attached to an aromatic ring is 1. The van der Waals surface area contributed by atoms with Gasteiger partial charge in [0, 0.05) is 30.3 Å². The summed E-state index contributed by atoms with van der Waals surface area (Å²) in [6, 6.07) is 1.20. The average molecular weight is 539 g/mol. The molecule has 0 bridgehead atoms. The number of hydrogen-bond donors (Lipinski definition) is 3. The van der Waals surface area contributed by atoms with Crippen molar-refractivity contribution < 1.29 is 42.8 Å². The van der Waals surface area contributed by atoms with E-state index < -0.39 is 55.5 Å². The highest BCUT2D eigenvalue weighted by Gasteiger charge is 2.47. The number of anilines is 1. The van der Waals surface area contributed by atoms with Gasteiger partial charge < -0.3 is 35.1 Å². The predicted molar refractivity (Wildman–Crippen MR) is 122 cm³/mol. The Morgan fingerprint density at radius 1 is 1.20 bits per heavy atom. The van der Waals surface area contributed by atoms with Gasteiger partial charge in [-0.15, -0.1) is 0 Å². The second kappa shape index (κ2) is 12.5. The highest BCUT2D eigenvalue weighted by Crippen LogP contribution is 2.32. The highest BCUT2D eigenvalue weighted by atomic mass is 33.1. The Kier molecular flexibility index (Phi) is 9.73. The van der Waals surface area contributed by atoms with E-state index in [1.54, 1.807) is 0 Å². The number of amides is 1. The van der Waals surface area contributed by atoms with Gasteiger partial charge in [0.2, 0.25) is 5.91 Å². The van der Waals surface area contributed by atoms with E-state index in [1.807, 2.05) is 0 Å². The zero-order valence-electron chi connectivity index (χ0n) is 18.1. The summed E-state index contributed by atoms with van der Waals surface area (Å²) in [5.41, 5.74) is 4.41. The predicted octanol–water partition coefficient (Wildman–Crippen LogP) is 0.0114. The van der Waals surface area contributed by atoms with E-state index in [9.17, 15) is 33.4 Å². The quantitative estimate of drug-likeness (QED) is 0.208. The van der Waals surface area contributed by atoms with E-state index in [2.05, 4.69) is 4.98 Å². The number of carbonyl (C=O) groups is 2. The van der Waals surface area contributed by atoms with Gasteiger partial charge in [-0.05, 0) is 12.1 Å². The van der Waals surface area contributed by atoms with Crippen LogP contribution in [0.2, 0.25) is 0 Å². The number of aliphatic hydroxyl groups excluding tert-OH is 2. The van der Waals surface area contributed by atoms with E-state index in [-0.39, 0.29) is 18.3 Å². The number of nitrogens with zero attached hydrogens (tertiary/aromatic N) is 3. The maximum Gasteiger partial charge on any atom is 0.508 e. The van der Waals surface area contributed by atoms with E-state index in [4.69, 9.17) is 19.9 Å². The number of nitrogens with two attached hydrogens (primary N) is 1. The molecule has 16 heteroatoms. The molecule has 2 aliphatic heterocycles. The molecule has 1 aromatic rings. The summed E-state index contributed by atoms with van der Waals surface area (Å²) in [6.07, 6.45) is -8.21. The third-order valence-electron chi connectivity index (χ3n) is 4.99. The molecule has 194 valence electrons. The number of alkyl halides is 2. The van der Waals surface area contributed by atoms with Gasteiger partial charge in [-0.2, -0.15) is 4.98 Å². The average Bonchev–Trinajstić information content (AvgIpc) is 3.14. The standard InChI is InChI=1S/C19H24F2N4O8S2/c20-14-15(21)17(25-4-3-11(22)23-18(25)29)33-10(16(14)28)9-32-19(30)31-6-8-35-34-7-5-24-12(26)1-2-13(24)27/h1-4,10,12,14-17,26,28H,5-9H2,(H2,22,23,29)/t10-,12?,14-,15?,16?,17-/m1/s1. The summed E-state index contributed by atoms with van der Waals surface area (Å²) in [4.78, 5) is 40.0. The molecule has 12 nitrogen and oxygen atoms in total. The third kappa shape index (κ3) is 7.07. The first-order valence-electron chi connectivity index (χ1n) is 10.4. The van der Waals surface area contributed by atoms with E-state index in [0.717, 1.165) is 6.20 Å². The van der Waals surface area contributed by atoms with Gasteiger partial charge >= 0.3 is 11.8 Å². The fraction of sp³-hybridized carbons (Fsp3) is 0.579. The van der Waals surface area contributed by atoms with Gasteiger partial charge in [0.15, 0.2) is 18.6 Å². The van der Waals surface area contributed by atoms with Crippen LogP contribution < -0.4 is 11.4 Å². The molecule has 0 aromatic carbocycles. The molecule has 0 spiro atoms. The molecule has 0 radical (unpaired) electrons. The smallest absolute Gasteiger partial charge is 0.433 e. The molecule has 1 saturated heterocycles. The van der Waals surface area contributed by atoms with Crippen molar-refractivity contribution in [1.82, 2.24) is 14.5 Å². The summed E-state index contributed by atoms with van der Waals surface area (Å²) in [5, 5.41) is 19.6. The number of aliphatic hydroxyl groups is 2. The zero-order chi connectivity index (χ0) is 25.5. The van der Waals surface area contributed by atoms with Crippen molar-refractivity contribution >= 4 is 39.5 Å². The number of carbonyl (C=O) groups excluding carboxylic acids is 2. The summed E-state index contributed by atoms with van der Waals surface area (Å²) in [7, 11) is 2.78. The zero-order valence-corrected chi connectivity index (χ0v) is 19.8. The largest absolute Gasteiger partial charge is 0.508 e. The molecule has 1 fully saturated rings. The molecule has 35 heavy (non-hydrogen) atoms. The van der Waals surface area contributed by atoms with Crippen molar-refractivity contribution in [2.24, 2.45) is 0 Å². The van der Waals surface area contributed by atoms with Gasteiger partial charge in [-0.3, -0.25) is 9.36 Å². The lowest BCUT2D eigenvalue weighted by molar-refractivity contribution is -0.221. The van der Waals surface area contributed by atoms with E-state index in [0.29, 0.717) is 22.6 Å². The maximum absolute atomic E-state index is 14.4. The number of hydrogen-bond acceptors (Lipinski definition) is 12. The molecule has 3 rings (SSSR count). The normalized spacial score (nSPS) is 28.3. The van der Waals surface area contributed by atoms with Crippen LogP contribution >= 0.6 is 21.6 Å².